The van der Waals surface area contributed by atoms with Gasteiger partial charge in [-0.1, -0.05) is 36.4 Å². The molecule has 25 heavy (non-hydrogen) atoms. The molecule has 3 aromatic rings. The molecule has 0 bridgehead atoms. The number of aliphatic hydroxyl groups is 1. The molecule has 0 saturated carbocycles. The summed E-state index contributed by atoms with van der Waals surface area (Å²) in [5, 5.41) is 9.91. The Labute approximate surface area is 145 Å². The summed E-state index contributed by atoms with van der Waals surface area (Å²) in [4.78, 5) is 18.2. The number of aliphatic hydroxyl groups excluding tert-OH is 1. The number of nitrogens with one attached hydrogen (secondary N) is 1. The van der Waals surface area contributed by atoms with Gasteiger partial charge in [0, 0.05) is 30.1 Å². The highest BCUT2D eigenvalue weighted by Gasteiger charge is 2.15. The fraction of sp³-hybridized carbons (Fsp3) is 0.250. The highest BCUT2D eigenvalue weighted by Crippen LogP contribution is 2.28. The number of hydrogen-bond donors (Lipinski definition) is 2. The predicted octanol–water partition coefficient (Wildman–Crippen LogP) is 2.52. The molecule has 0 atom stereocenters. The zero-order valence-corrected chi connectivity index (χ0v) is 13.9. The summed E-state index contributed by atoms with van der Waals surface area (Å²) in [6, 6.07) is 15.2. The molecule has 1 aliphatic rings. The highest BCUT2D eigenvalue weighted by molar-refractivity contribution is 5.94. The van der Waals surface area contributed by atoms with Crippen molar-refractivity contribution < 1.29 is 9.84 Å². The molecule has 5 nitrogen and oxygen atoms in total. The van der Waals surface area contributed by atoms with E-state index < -0.39 is 0 Å². The average molecular weight is 336 g/mol. The number of aromatic amines is 1. The minimum atomic E-state index is 0.0177. The summed E-state index contributed by atoms with van der Waals surface area (Å²) in [6.07, 6.45) is 0. The minimum Gasteiger partial charge on any atom is -0.392 e. The van der Waals surface area contributed by atoms with Crippen LogP contribution < -0.4 is 10.3 Å². The molecule has 0 radical (unpaired) electrons. The molecule has 1 saturated heterocycles. The van der Waals surface area contributed by atoms with E-state index in [9.17, 15) is 9.90 Å². The second-order valence-corrected chi connectivity index (χ2v) is 6.20. The SMILES string of the molecule is O=c1cc(N2CCOCC2)[nH]c2c(-c3ccc(CO)cc3)cccc12. The number of para-hydroxylation sites is 1. The van der Waals surface area contributed by atoms with Crippen LogP contribution in [-0.4, -0.2) is 36.4 Å². The molecule has 2 aromatic carbocycles. The van der Waals surface area contributed by atoms with E-state index in [0.717, 1.165) is 41.1 Å². The van der Waals surface area contributed by atoms with E-state index >= 15 is 0 Å². The Bertz CT molecular complexity index is 941. The maximum Gasteiger partial charge on any atom is 0.191 e. The van der Waals surface area contributed by atoms with Crippen molar-refractivity contribution in [3.05, 3.63) is 64.3 Å². The molecule has 2 heterocycles. The predicted molar refractivity (Wildman–Crippen MR) is 99.0 cm³/mol. The third-order valence-corrected chi connectivity index (χ3v) is 4.65. The van der Waals surface area contributed by atoms with Gasteiger partial charge in [-0.2, -0.15) is 0 Å². The Morgan fingerprint density at radius 3 is 2.56 bits per heavy atom. The maximum atomic E-state index is 12.6. The van der Waals surface area contributed by atoms with Crippen molar-refractivity contribution in [2.45, 2.75) is 6.61 Å². The maximum absolute atomic E-state index is 12.6. The van der Waals surface area contributed by atoms with Gasteiger partial charge in [0.2, 0.25) is 0 Å². The monoisotopic (exact) mass is 336 g/mol. The lowest BCUT2D eigenvalue weighted by atomic mass is 10.0. The van der Waals surface area contributed by atoms with Crippen molar-refractivity contribution in [2.24, 2.45) is 0 Å². The van der Waals surface area contributed by atoms with Crippen molar-refractivity contribution in [1.82, 2.24) is 4.98 Å². The van der Waals surface area contributed by atoms with Gasteiger partial charge in [0.1, 0.15) is 5.82 Å². The molecule has 0 amide bonds. The molecule has 4 rings (SSSR count). The number of morpholine rings is 1. The van der Waals surface area contributed by atoms with Gasteiger partial charge >= 0.3 is 0 Å². The van der Waals surface area contributed by atoms with Gasteiger partial charge in [-0.25, -0.2) is 0 Å². The number of fused-ring (bicyclic) bond motifs is 1. The Hall–Kier alpha value is -2.63. The van der Waals surface area contributed by atoms with Crippen LogP contribution >= 0.6 is 0 Å². The highest BCUT2D eigenvalue weighted by atomic mass is 16.5. The molecular formula is C20H20N2O3. The lowest BCUT2D eigenvalue weighted by Crippen LogP contribution is -2.37. The van der Waals surface area contributed by atoms with Crippen molar-refractivity contribution >= 4 is 16.7 Å². The molecule has 0 spiro atoms. The van der Waals surface area contributed by atoms with Crippen molar-refractivity contribution in [3.63, 3.8) is 0 Å². The van der Waals surface area contributed by atoms with E-state index in [1.807, 2.05) is 42.5 Å². The number of rotatable bonds is 3. The van der Waals surface area contributed by atoms with E-state index in [-0.39, 0.29) is 12.0 Å². The molecular weight excluding hydrogens is 316 g/mol. The van der Waals surface area contributed by atoms with Crippen LogP contribution in [0.3, 0.4) is 0 Å². The number of nitrogens with zero attached hydrogens (tertiary/aromatic N) is 1. The smallest absolute Gasteiger partial charge is 0.191 e. The van der Waals surface area contributed by atoms with E-state index in [2.05, 4.69) is 9.88 Å². The summed E-state index contributed by atoms with van der Waals surface area (Å²) in [5.74, 6) is 0.834. The number of benzene rings is 2. The molecule has 1 fully saturated rings. The first kappa shape index (κ1) is 15.9. The van der Waals surface area contributed by atoms with Crippen LogP contribution in [0.2, 0.25) is 0 Å². The van der Waals surface area contributed by atoms with Gasteiger partial charge in [0.15, 0.2) is 5.43 Å². The van der Waals surface area contributed by atoms with Gasteiger partial charge in [0.25, 0.3) is 0 Å². The number of aromatic nitrogens is 1. The van der Waals surface area contributed by atoms with Crippen LogP contribution in [0.25, 0.3) is 22.0 Å². The standard InChI is InChI=1S/C20H20N2O3/c23-13-14-4-6-15(7-5-14)16-2-1-3-17-18(24)12-19(21-20(16)17)22-8-10-25-11-9-22/h1-7,12,23H,8-11,13H2,(H,21,24). The fourth-order valence-corrected chi connectivity index (χ4v) is 3.26. The average Bonchev–Trinajstić information content (AvgIpc) is 2.68. The first-order valence-corrected chi connectivity index (χ1v) is 8.45. The molecule has 0 unspecified atom stereocenters. The first-order valence-electron chi connectivity index (χ1n) is 8.45. The topological polar surface area (TPSA) is 65.6 Å². The number of hydrogen-bond acceptors (Lipinski definition) is 4. The summed E-state index contributed by atoms with van der Waals surface area (Å²) in [7, 11) is 0. The summed E-state index contributed by atoms with van der Waals surface area (Å²) >= 11 is 0. The number of H-pyrrole nitrogens is 1. The number of pyridine rings is 1. The Morgan fingerprint density at radius 2 is 1.84 bits per heavy atom. The molecule has 128 valence electrons. The molecule has 1 aromatic heterocycles. The van der Waals surface area contributed by atoms with Gasteiger partial charge in [-0.15, -0.1) is 0 Å². The third kappa shape index (κ3) is 3.04. The normalized spacial score (nSPS) is 14.8. The van der Waals surface area contributed by atoms with Crippen LogP contribution in [-0.2, 0) is 11.3 Å². The van der Waals surface area contributed by atoms with E-state index in [1.165, 1.54) is 0 Å². The van der Waals surface area contributed by atoms with Crippen LogP contribution in [0, 0.1) is 0 Å². The van der Waals surface area contributed by atoms with E-state index in [4.69, 9.17) is 4.74 Å². The zero-order valence-electron chi connectivity index (χ0n) is 13.9. The molecule has 5 heteroatoms. The van der Waals surface area contributed by atoms with Crippen LogP contribution in [0.4, 0.5) is 5.82 Å². The Balaban J connectivity index is 1.86. The van der Waals surface area contributed by atoms with Gasteiger partial charge in [0.05, 0.1) is 25.3 Å². The van der Waals surface area contributed by atoms with Crippen molar-refractivity contribution in [2.75, 3.05) is 31.2 Å². The van der Waals surface area contributed by atoms with E-state index in [1.54, 1.807) is 6.07 Å². The van der Waals surface area contributed by atoms with Gasteiger partial charge < -0.3 is 19.7 Å². The quantitative estimate of drug-likeness (QED) is 0.771. The lowest BCUT2D eigenvalue weighted by Gasteiger charge is -2.28. The summed E-state index contributed by atoms with van der Waals surface area (Å²) < 4.78 is 5.40. The number of anilines is 1. The first-order chi connectivity index (χ1) is 12.3. The van der Waals surface area contributed by atoms with E-state index in [0.29, 0.717) is 18.6 Å². The molecule has 1 aliphatic heterocycles. The lowest BCUT2D eigenvalue weighted by molar-refractivity contribution is 0.122. The van der Waals surface area contributed by atoms with Gasteiger partial charge in [-0.05, 0) is 17.2 Å². The number of ether oxygens (including phenoxy) is 1. The summed E-state index contributed by atoms with van der Waals surface area (Å²) in [5.41, 5.74) is 3.72. The Morgan fingerprint density at radius 1 is 1.08 bits per heavy atom. The van der Waals surface area contributed by atoms with Crippen LogP contribution in [0.5, 0.6) is 0 Å². The second-order valence-electron chi connectivity index (χ2n) is 6.20. The third-order valence-electron chi connectivity index (χ3n) is 4.65. The Kier molecular flexibility index (Phi) is 4.26. The zero-order chi connectivity index (χ0) is 17.2. The van der Waals surface area contributed by atoms with Crippen LogP contribution in [0.1, 0.15) is 5.56 Å². The molecule has 2 N–H and O–H groups in total. The largest absolute Gasteiger partial charge is 0.392 e. The minimum absolute atomic E-state index is 0.0177. The van der Waals surface area contributed by atoms with Gasteiger partial charge in [-0.3, -0.25) is 4.79 Å². The molecule has 0 aliphatic carbocycles. The fourth-order valence-electron chi connectivity index (χ4n) is 3.26. The second kappa shape index (κ2) is 6.70. The van der Waals surface area contributed by atoms with Crippen molar-refractivity contribution in [3.8, 4) is 11.1 Å². The van der Waals surface area contributed by atoms with Crippen LogP contribution in [0.15, 0.2) is 53.3 Å². The summed E-state index contributed by atoms with van der Waals surface area (Å²) in [6.45, 7) is 2.91. The van der Waals surface area contributed by atoms with Crippen molar-refractivity contribution in [1.29, 1.82) is 0 Å².